The summed E-state index contributed by atoms with van der Waals surface area (Å²) in [5.41, 5.74) is 0. The summed E-state index contributed by atoms with van der Waals surface area (Å²) >= 11 is 3.03. The van der Waals surface area contributed by atoms with Crippen molar-refractivity contribution in [3.05, 3.63) is 12.2 Å². The SMILES string of the molecule is CCCCCCC=CCOC(=O)CBr. The lowest BCUT2D eigenvalue weighted by molar-refractivity contribution is -0.139. The molecule has 3 heteroatoms. The van der Waals surface area contributed by atoms with E-state index in [9.17, 15) is 4.79 Å². The number of rotatable bonds is 8. The topological polar surface area (TPSA) is 26.3 Å². The van der Waals surface area contributed by atoms with Gasteiger partial charge in [-0.1, -0.05) is 54.3 Å². The number of allylic oxidation sites excluding steroid dienone is 1. The Morgan fingerprint density at radius 1 is 1.29 bits per heavy atom. The summed E-state index contributed by atoms with van der Waals surface area (Å²) in [5, 5.41) is 0.275. The highest BCUT2D eigenvalue weighted by molar-refractivity contribution is 9.09. The molecule has 0 spiro atoms. The standard InChI is InChI=1S/C11H19BrO2/c1-2-3-4-5-6-7-8-9-14-11(13)10-12/h7-8H,2-6,9-10H2,1H3. The van der Waals surface area contributed by atoms with Crippen molar-refractivity contribution in [3.63, 3.8) is 0 Å². The van der Waals surface area contributed by atoms with Crippen molar-refractivity contribution in [3.8, 4) is 0 Å². The monoisotopic (exact) mass is 262 g/mol. The Labute approximate surface area is 94.8 Å². The largest absolute Gasteiger partial charge is 0.461 e. The Morgan fingerprint density at radius 3 is 2.71 bits per heavy atom. The van der Waals surface area contributed by atoms with E-state index in [1.54, 1.807) is 0 Å². The molecule has 0 aromatic rings. The fourth-order valence-electron chi connectivity index (χ4n) is 1.05. The summed E-state index contributed by atoms with van der Waals surface area (Å²) in [6.07, 6.45) is 10.2. The smallest absolute Gasteiger partial charge is 0.316 e. The van der Waals surface area contributed by atoms with Gasteiger partial charge in [0.1, 0.15) is 11.9 Å². The molecular weight excluding hydrogens is 244 g/mol. The third-order valence-electron chi connectivity index (χ3n) is 1.84. The van der Waals surface area contributed by atoms with Crippen LogP contribution in [-0.4, -0.2) is 17.9 Å². The first kappa shape index (κ1) is 13.7. The van der Waals surface area contributed by atoms with E-state index < -0.39 is 0 Å². The Hall–Kier alpha value is -0.310. The Bertz CT molecular complexity index is 167. The summed E-state index contributed by atoms with van der Waals surface area (Å²) in [5.74, 6) is -0.208. The highest BCUT2D eigenvalue weighted by Gasteiger charge is 1.94. The maximum Gasteiger partial charge on any atom is 0.316 e. The Morgan fingerprint density at radius 2 is 2.07 bits per heavy atom. The second kappa shape index (κ2) is 10.8. The van der Waals surface area contributed by atoms with Crippen LogP contribution in [0.3, 0.4) is 0 Å². The molecule has 0 saturated carbocycles. The summed E-state index contributed by atoms with van der Waals surface area (Å²) in [6, 6.07) is 0. The van der Waals surface area contributed by atoms with Gasteiger partial charge in [0.05, 0.1) is 0 Å². The van der Waals surface area contributed by atoms with E-state index in [2.05, 4.69) is 28.9 Å². The minimum Gasteiger partial charge on any atom is -0.461 e. The molecule has 0 radical (unpaired) electrons. The lowest BCUT2D eigenvalue weighted by Crippen LogP contribution is -2.04. The average Bonchev–Trinajstić information content (AvgIpc) is 2.21. The number of unbranched alkanes of at least 4 members (excludes halogenated alkanes) is 4. The molecule has 0 atom stereocenters. The van der Waals surface area contributed by atoms with Gasteiger partial charge in [-0.05, 0) is 12.8 Å². The van der Waals surface area contributed by atoms with Crippen LogP contribution >= 0.6 is 15.9 Å². The molecule has 82 valence electrons. The average molecular weight is 263 g/mol. The first-order chi connectivity index (χ1) is 6.81. The molecule has 0 fully saturated rings. The van der Waals surface area contributed by atoms with Crippen LogP contribution in [0.4, 0.5) is 0 Å². The van der Waals surface area contributed by atoms with Gasteiger partial charge in [0.2, 0.25) is 0 Å². The number of hydrogen-bond donors (Lipinski definition) is 0. The summed E-state index contributed by atoms with van der Waals surface area (Å²) in [4.78, 5) is 10.7. The van der Waals surface area contributed by atoms with E-state index in [0.29, 0.717) is 6.61 Å². The van der Waals surface area contributed by atoms with E-state index in [4.69, 9.17) is 4.74 Å². The lowest BCUT2D eigenvalue weighted by atomic mass is 10.1. The van der Waals surface area contributed by atoms with Gasteiger partial charge in [0, 0.05) is 0 Å². The second-order valence-corrected chi connectivity index (χ2v) is 3.70. The Balaban J connectivity index is 3.15. The molecule has 14 heavy (non-hydrogen) atoms. The maximum atomic E-state index is 10.7. The number of ether oxygens (including phenoxy) is 1. The second-order valence-electron chi connectivity index (χ2n) is 3.14. The van der Waals surface area contributed by atoms with Gasteiger partial charge in [-0.25, -0.2) is 0 Å². The first-order valence-electron chi connectivity index (χ1n) is 5.17. The van der Waals surface area contributed by atoms with Crippen molar-refractivity contribution in [2.75, 3.05) is 11.9 Å². The van der Waals surface area contributed by atoms with Gasteiger partial charge in [-0.3, -0.25) is 4.79 Å². The van der Waals surface area contributed by atoms with Gasteiger partial charge in [0.25, 0.3) is 0 Å². The van der Waals surface area contributed by atoms with Crippen molar-refractivity contribution in [2.45, 2.75) is 39.0 Å². The highest BCUT2D eigenvalue weighted by atomic mass is 79.9. The molecule has 0 aliphatic rings. The zero-order chi connectivity index (χ0) is 10.6. The number of carbonyl (C=O) groups excluding carboxylic acids is 1. The fraction of sp³-hybridized carbons (Fsp3) is 0.727. The van der Waals surface area contributed by atoms with Crippen molar-refractivity contribution in [1.82, 2.24) is 0 Å². The van der Waals surface area contributed by atoms with Crippen LogP contribution in [-0.2, 0) is 9.53 Å². The van der Waals surface area contributed by atoms with Crippen molar-refractivity contribution in [1.29, 1.82) is 0 Å². The van der Waals surface area contributed by atoms with E-state index in [0.717, 1.165) is 6.42 Å². The molecule has 0 amide bonds. The fourth-order valence-corrected chi connectivity index (χ4v) is 1.22. The molecule has 0 aliphatic carbocycles. The molecule has 0 aromatic carbocycles. The van der Waals surface area contributed by atoms with Crippen molar-refractivity contribution in [2.24, 2.45) is 0 Å². The molecule has 0 aromatic heterocycles. The molecule has 0 N–H and O–H groups in total. The first-order valence-corrected chi connectivity index (χ1v) is 6.30. The van der Waals surface area contributed by atoms with Gasteiger partial charge < -0.3 is 4.74 Å². The highest BCUT2D eigenvalue weighted by Crippen LogP contribution is 2.02. The van der Waals surface area contributed by atoms with Gasteiger partial charge in [0.15, 0.2) is 0 Å². The lowest BCUT2D eigenvalue weighted by Gasteiger charge is -1.97. The number of carbonyl (C=O) groups is 1. The van der Waals surface area contributed by atoms with Crippen LogP contribution in [0.15, 0.2) is 12.2 Å². The van der Waals surface area contributed by atoms with Crippen LogP contribution in [0, 0.1) is 0 Å². The predicted octanol–water partition coefficient (Wildman–Crippen LogP) is 3.45. The van der Waals surface area contributed by atoms with Crippen molar-refractivity contribution < 1.29 is 9.53 Å². The number of halogens is 1. The molecule has 2 nitrogen and oxygen atoms in total. The van der Waals surface area contributed by atoms with Crippen LogP contribution in [0.2, 0.25) is 0 Å². The minimum absolute atomic E-state index is 0.208. The summed E-state index contributed by atoms with van der Waals surface area (Å²) in [6.45, 7) is 2.60. The predicted molar refractivity (Wildman–Crippen MR) is 62.7 cm³/mol. The quantitative estimate of drug-likeness (QED) is 0.290. The molecule has 0 aliphatic heterocycles. The molecule has 0 bridgehead atoms. The number of esters is 1. The van der Waals surface area contributed by atoms with E-state index in [1.807, 2.05) is 6.08 Å². The Kier molecular flexibility index (Phi) is 10.5. The molecule has 0 heterocycles. The molecule has 0 rings (SSSR count). The van der Waals surface area contributed by atoms with E-state index >= 15 is 0 Å². The molecular formula is C11H19BrO2. The maximum absolute atomic E-state index is 10.7. The zero-order valence-corrected chi connectivity index (χ0v) is 10.4. The third-order valence-corrected chi connectivity index (χ3v) is 2.30. The van der Waals surface area contributed by atoms with Crippen molar-refractivity contribution >= 4 is 21.9 Å². The van der Waals surface area contributed by atoms with Gasteiger partial charge in [-0.15, -0.1) is 0 Å². The normalized spacial score (nSPS) is 10.7. The summed E-state index contributed by atoms with van der Waals surface area (Å²) in [7, 11) is 0. The van der Waals surface area contributed by atoms with Crippen LogP contribution in [0.1, 0.15) is 39.0 Å². The van der Waals surface area contributed by atoms with E-state index in [-0.39, 0.29) is 11.3 Å². The van der Waals surface area contributed by atoms with Gasteiger partial charge >= 0.3 is 5.97 Å². The van der Waals surface area contributed by atoms with Crippen LogP contribution in [0.5, 0.6) is 0 Å². The summed E-state index contributed by atoms with van der Waals surface area (Å²) < 4.78 is 4.85. The molecule has 0 unspecified atom stereocenters. The van der Waals surface area contributed by atoms with Gasteiger partial charge in [-0.2, -0.15) is 0 Å². The van der Waals surface area contributed by atoms with E-state index in [1.165, 1.54) is 25.7 Å². The third kappa shape index (κ3) is 9.78. The van der Waals surface area contributed by atoms with Crippen LogP contribution < -0.4 is 0 Å². The zero-order valence-electron chi connectivity index (χ0n) is 8.80. The number of alkyl halides is 1. The minimum atomic E-state index is -0.208. The number of hydrogen-bond acceptors (Lipinski definition) is 2. The molecule has 0 saturated heterocycles. The van der Waals surface area contributed by atoms with Crippen LogP contribution in [0.25, 0.3) is 0 Å².